The van der Waals surface area contributed by atoms with E-state index in [1.54, 1.807) is 17.3 Å². The molecule has 1 aliphatic carbocycles. The Morgan fingerprint density at radius 3 is 2.85 bits per heavy atom. The second kappa shape index (κ2) is 7.31. The minimum Gasteiger partial charge on any atom is -0.477 e. The summed E-state index contributed by atoms with van der Waals surface area (Å²) in [5.74, 6) is 1.50. The highest BCUT2D eigenvalue weighted by Crippen LogP contribution is 2.27. The Balaban J connectivity index is 1.46. The highest BCUT2D eigenvalue weighted by molar-refractivity contribution is 5.94. The van der Waals surface area contributed by atoms with Gasteiger partial charge >= 0.3 is 0 Å². The van der Waals surface area contributed by atoms with Crippen molar-refractivity contribution in [2.45, 2.75) is 44.6 Å². The molecule has 3 heterocycles. The first-order chi connectivity index (χ1) is 12.8. The molecule has 1 amide bonds. The molecule has 26 heavy (non-hydrogen) atoms. The zero-order chi connectivity index (χ0) is 17.9. The first-order valence-corrected chi connectivity index (χ1v) is 9.04. The van der Waals surface area contributed by atoms with Crippen molar-refractivity contribution < 1.29 is 18.8 Å². The van der Waals surface area contributed by atoms with Crippen molar-refractivity contribution in [3.8, 4) is 11.8 Å². The summed E-state index contributed by atoms with van der Waals surface area (Å²) in [5, 5.41) is 4.06. The molecular weight excluding hydrogens is 336 g/mol. The van der Waals surface area contributed by atoms with Crippen molar-refractivity contribution in [3.63, 3.8) is 0 Å². The predicted octanol–water partition coefficient (Wildman–Crippen LogP) is 2.04. The van der Waals surface area contributed by atoms with Crippen molar-refractivity contribution in [2.24, 2.45) is 0 Å². The topological polar surface area (TPSA) is 90.6 Å². The monoisotopic (exact) mass is 358 g/mol. The Hall–Kier alpha value is -2.64. The van der Waals surface area contributed by atoms with Crippen LogP contribution in [0.5, 0.6) is 11.8 Å². The molecule has 0 bridgehead atoms. The number of rotatable bonds is 4. The minimum absolute atomic E-state index is 0.0729. The molecule has 1 atom stereocenters. The Morgan fingerprint density at radius 1 is 1.19 bits per heavy atom. The van der Waals surface area contributed by atoms with Gasteiger partial charge in [0.25, 0.3) is 17.7 Å². The van der Waals surface area contributed by atoms with Gasteiger partial charge in [0.1, 0.15) is 11.9 Å². The number of ether oxygens (including phenoxy) is 2. The smallest absolute Gasteiger partial charge is 0.278 e. The lowest BCUT2D eigenvalue weighted by atomic mass is 9.96. The van der Waals surface area contributed by atoms with Gasteiger partial charge in [0, 0.05) is 30.9 Å². The number of aromatic nitrogens is 3. The summed E-state index contributed by atoms with van der Waals surface area (Å²) in [7, 11) is 1.53. The highest BCUT2D eigenvalue weighted by atomic mass is 16.5. The number of methoxy groups -OCH3 is 1. The average molecular weight is 358 g/mol. The van der Waals surface area contributed by atoms with Gasteiger partial charge in [-0.3, -0.25) is 4.79 Å². The van der Waals surface area contributed by atoms with E-state index in [0.29, 0.717) is 30.5 Å². The van der Waals surface area contributed by atoms with Crippen LogP contribution in [0.4, 0.5) is 0 Å². The van der Waals surface area contributed by atoms with E-state index >= 15 is 0 Å². The third kappa shape index (κ3) is 3.23. The summed E-state index contributed by atoms with van der Waals surface area (Å²) >= 11 is 0. The summed E-state index contributed by atoms with van der Waals surface area (Å²) < 4.78 is 16.5. The number of hydrogen-bond acceptors (Lipinski definition) is 7. The van der Waals surface area contributed by atoms with Gasteiger partial charge < -0.3 is 18.9 Å². The summed E-state index contributed by atoms with van der Waals surface area (Å²) in [4.78, 5) is 23.0. The molecule has 2 aromatic rings. The molecule has 1 unspecified atom stereocenters. The number of amides is 1. The Labute approximate surface area is 151 Å². The van der Waals surface area contributed by atoms with E-state index in [-0.39, 0.29) is 12.0 Å². The van der Waals surface area contributed by atoms with Crippen LogP contribution in [0.1, 0.15) is 47.5 Å². The van der Waals surface area contributed by atoms with Crippen molar-refractivity contribution in [1.82, 2.24) is 20.0 Å². The number of carbonyl (C=O) groups is 1. The Kier molecular flexibility index (Phi) is 4.73. The van der Waals surface area contributed by atoms with Gasteiger partial charge in [-0.15, -0.1) is 0 Å². The van der Waals surface area contributed by atoms with Gasteiger partial charge in [0.2, 0.25) is 0 Å². The van der Waals surface area contributed by atoms with Crippen molar-refractivity contribution >= 4 is 5.91 Å². The molecule has 0 saturated carbocycles. The van der Waals surface area contributed by atoms with Crippen LogP contribution in [0.15, 0.2) is 16.9 Å². The Bertz CT molecular complexity index is 791. The van der Waals surface area contributed by atoms with E-state index in [1.807, 2.05) is 0 Å². The fraction of sp³-hybridized carbons (Fsp3) is 0.556. The number of likely N-dealkylation sites (tertiary alicyclic amines) is 1. The van der Waals surface area contributed by atoms with Gasteiger partial charge in [-0.2, -0.15) is 0 Å². The van der Waals surface area contributed by atoms with Gasteiger partial charge in [0.05, 0.1) is 13.7 Å². The van der Waals surface area contributed by atoms with E-state index in [0.717, 1.165) is 49.8 Å². The van der Waals surface area contributed by atoms with Crippen LogP contribution in [0, 0.1) is 0 Å². The van der Waals surface area contributed by atoms with Crippen LogP contribution >= 0.6 is 0 Å². The number of carbonyl (C=O) groups excluding carboxylic acids is 1. The lowest BCUT2D eigenvalue weighted by molar-refractivity contribution is 0.0509. The van der Waals surface area contributed by atoms with Crippen LogP contribution in [0.25, 0.3) is 0 Å². The van der Waals surface area contributed by atoms with Gasteiger partial charge in [-0.1, -0.05) is 5.16 Å². The fourth-order valence-corrected chi connectivity index (χ4v) is 3.61. The number of hydrogen-bond donors (Lipinski definition) is 0. The van der Waals surface area contributed by atoms with Crippen LogP contribution in [-0.4, -0.2) is 52.2 Å². The lowest BCUT2D eigenvalue weighted by Crippen LogP contribution is -2.44. The minimum atomic E-state index is -0.152. The highest BCUT2D eigenvalue weighted by Gasteiger charge is 2.31. The zero-order valence-electron chi connectivity index (χ0n) is 14.8. The molecule has 1 fully saturated rings. The van der Waals surface area contributed by atoms with E-state index in [2.05, 4.69) is 15.1 Å². The third-order valence-corrected chi connectivity index (χ3v) is 4.92. The summed E-state index contributed by atoms with van der Waals surface area (Å²) in [6.07, 6.45) is 8.57. The van der Waals surface area contributed by atoms with Crippen LogP contribution in [-0.2, 0) is 12.8 Å². The maximum Gasteiger partial charge on any atom is 0.278 e. The standard InChI is InChI=1S/C18H22N4O4/c1-24-16-17(20-9-8-19-16)25-12-5-4-10-22(11-12)18(23)15-13-6-2-3-7-14(13)26-21-15/h8-9,12H,2-7,10-11H2,1H3. The molecule has 1 aliphatic heterocycles. The maximum absolute atomic E-state index is 12.9. The van der Waals surface area contributed by atoms with Crippen molar-refractivity contribution in [3.05, 3.63) is 29.4 Å². The van der Waals surface area contributed by atoms with Crippen molar-refractivity contribution in [2.75, 3.05) is 20.2 Å². The largest absolute Gasteiger partial charge is 0.477 e. The van der Waals surface area contributed by atoms with Crippen LogP contribution in [0.2, 0.25) is 0 Å². The molecule has 0 N–H and O–H groups in total. The average Bonchev–Trinajstić information content (AvgIpc) is 3.12. The molecule has 2 aromatic heterocycles. The van der Waals surface area contributed by atoms with Crippen molar-refractivity contribution in [1.29, 1.82) is 0 Å². The fourth-order valence-electron chi connectivity index (χ4n) is 3.61. The molecule has 0 spiro atoms. The molecule has 0 aromatic carbocycles. The number of nitrogens with zero attached hydrogens (tertiary/aromatic N) is 4. The molecule has 138 valence electrons. The molecule has 2 aliphatic rings. The molecular formula is C18H22N4O4. The number of piperidine rings is 1. The van der Waals surface area contributed by atoms with E-state index in [4.69, 9.17) is 14.0 Å². The zero-order valence-corrected chi connectivity index (χ0v) is 14.8. The number of aryl methyl sites for hydroxylation is 1. The normalized spacial score (nSPS) is 19.7. The van der Waals surface area contributed by atoms with E-state index in [1.165, 1.54) is 7.11 Å². The second-order valence-corrected chi connectivity index (χ2v) is 6.64. The predicted molar refractivity (Wildman–Crippen MR) is 91.3 cm³/mol. The van der Waals surface area contributed by atoms with Gasteiger partial charge in [-0.05, 0) is 32.1 Å². The lowest BCUT2D eigenvalue weighted by Gasteiger charge is -2.32. The van der Waals surface area contributed by atoms with Crippen LogP contribution in [0.3, 0.4) is 0 Å². The van der Waals surface area contributed by atoms with E-state index in [9.17, 15) is 4.79 Å². The molecule has 1 saturated heterocycles. The SMILES string of the molecule is COc1nccnc1OC1CCCN(C(=O)c2noc3c2CCCC3)C1. The molecule has 8 nitrogen and oxygen atoms in total. The summed E-state index contributed by atoms with van der Waals surface area (Å²) in [6.45, 7) is 1.18. The molecule has 8 heteroatoms. The molecule has 0 radical (unpaired) electrons. The van der Waals surface area contributed by atoms with E-state index < -0.39 is 0 Å². The second-order valence-electron chi connectivity index (χ2n) is 6.64. The molecule has 4 rings (SSSR count). The van der Waals surface area contributed by atoms with Gasteiger partial charge in [0.15, 0.2) is 5.69 Å². The first kappa shape index (κ1) is 16.8. The summed E-state index contributed by atoms with van der Waals surface area (Å²) in [6, 6.07) is 0. The van der Waals surface area contributed by atoms with Gasteiger partial charge in [-0.25, -0.2) is 9.97 Å². The quantitative estimate of drug-likeness (QED) is 0.826. The maximum atomic E-state index is 12.9. The summed E-state index contributed by atoms with van der Waals surface area (Å²) in [5.41, 5.74) is 1.46. The number of fused-ring (bicyclic) bond motifs is 1. The first-order valence-electron chi connectivity index (χ1n) is 9.04. The Morgan fingerprint density at radius 2 is 2.00 bits per heavy atom. The third-order valence-electron chi connectivity index (χ3n) is 4.92. The van der Waals surface area contributed by atoms with Crippen LogP contribution < -0.4 is 9.47 Å².